The molecule has 0 aliphatic carbocycles. The number of ether oxygens (including phenoxy) is 1. The van der Waals surface area contributed by atoms with Gasteiger partial charge in [0, 0.05) is 6.04 Å². The van der Waals surface area contributed by atoms with Crippen molar-refractivity contribution in [1.82, 2.24) is 0 Å². The molecular formula is C12H15Cl2NO2. The SMILES string of the molecule is CCCOC(=O)CC(N)c1cccc(Cl)c1Cl. The van der Waals surface area contributed by atoms with Gasteiger partial charge < -0.3 is 10.5 Å². The molecular weight excluding hydrogens is 261 g/mol. The van der Waals surface area contributed by atoms with Crippen molar-refractivity contribution >= 4 is 29.2 Å². The minimum atomic E-state index is -0.495. The summed E-state index contributed by atoms with van der Waals surface area (Å²) in [7, 11) is 0. The molecule has 1 atom stereocenters. The molecule has 1 rings (SSSR count). The molecule has 1 aromatic carbocycles. The quantitative estimate of drug-likeness (QED) is 0.839. The monoisotopic (exact) mass is 275 g/mol. The molecule has 94 valence electrons. The number of esters is 1. The first-order chi connectivity index (χ1) is 8.06. The van der Waals surface area contributed by atoms with Gasteiger partial charge in [0.1, 0.15) is 0 Å². The number of carbonyl (C=O) groups excluding carboxylic acids is 1. The molecule has 0 amide bonds. The predicted molar refractivity (Wildman–Crippen MR) is 69.3 cm³/mol. The Morgan fingerprint density at radius 2 is 2.18 bits per heavy atom. The first kappa shape index (κ1) is 14.3. The Morgan fingerprint density at radius 1 is 1.47 bits per heavy atom. The van der Waals surface area contributed by atoms with Gasteiger partial charge in [-0.1, -0.05) is 42.3 Å². The van der Waals surface area contributed by atoms with Crippen molar-refractivity contribution in [2.24, 2.45) is 5.73 Å². The summed E-state index contributed by atoms with van der Waals surface area (Å²) in [6.07, 6.45) is 0.888. The van der Waals surface area contributed by atoms with Crippen molar-refractivity contribution in [2.75, 3.05) is 6.61 Å². The Bertz CT molecular complexity index is 396. The summed E-state index contributed by atoms with van der Waals surface area (Å²) >= 11 is 11.9. The van der Waals surface area contributed by atoms with Crippen LogP contribution < -0.4 is 5.73 Å². The number of hydrogen-bond donors (Lipinski definition) is 1. The van der Waals surface area contributed by atoms with E-state index in [0.29, 0.717) is 22.2 Å². The Hall–Kier alpha value is -0.770. The van der Waals surface area contributed by atoms with Gasteiger partial charge in [-0.25, -0.2) is 0 Å². The molecule has 1 aromatic rings. The average Bonchev–Trinajstić information content (AvgIpc) is 2.29. The topological polar surface area (TPSA) is 52.3 Å². The van der Waals surface area contributed by atoms with E-state index in [-0.39, 0.29) is 12.4 Å². The summed E-state index contributed by atoms with van der Waals surface area (Å²) in [4.78, 5) is 11.4. The lowest BCUT2D eigenvalue weighted by molar-refractivity contribution is -0.144. The van der Waals surface area contributed by atoms with E-state index in [1.165, 1.54) is 0 Å². The average molecular weight is 276 g/mol. The molecule has 3 nitrogen and oxygen atoms in total. The second-order valence-electron chi connectivity index (χ2n) is 3.67. The highest BCUT2D eigenvalue weighted by molar-refractivity contribution is 6.42. The van der Waals surface area contributed by atoms with Gasteiger partial charge in [-0.3, -0.25) is 4.79 Å². The summed E-state index contributed by atoms with van der Waals surface area (Å²) in [5.74, 6) is -0.324. The van der Waals surface area contributed by atoms with E-state index in [1.54, 1.807) is 18.2 Å². The molecule has 0 aliphatic rings. The Balaban J connectivity index is 2.66. The second kappa shape index (κ2) is 6.84. The second-order valence-corrected chi connectivity index (χ2v) is 4.46. The van der Waals surface area contributed by atoms with Gasteiger partial charge in [0.2, 0.25) is 0 Å². The minimum Gasteiger partial charge on any atom is -0.466 e. The summed E-state index contributed by atoms with van der Waals surface area (Å²) in [6.45, 7) is 2.34. The van der Waals surface area contributed by atoms with E-state index in [9.17, 15) is 4.79 Å². The lowest BCUT2D eigenvalue weighted by Gasteiger charge is -2.13. The van der Waals surface area contributed by atoms with E-state index in [1.807, 2.05) is 6.92 Å². The van der Waals surface area contributed by atoms with E-state index in [0.717, 1.165) is 6.42 Å². The van der Waals surface area contributed by atoms with Gasteiger partial charge in [0.05, 0.1) is 23.1 Å². The number of rotatable bonds is 5. The van der Waals surface area contributed by atoms with Gasteiger partial charge in [-0.05, 0) is 18.1 Å². The molecule has 0 saturated carbocycles. The number of nitrogens with two attached hydrogens (primary N) is 1. The summed E-state index contributed by atoms with van der Waals surface area (Å²) in [5, 5.41) is 0.825. The lowest BCUT2D eigenvalue weighted by atomic mass is 10.0. The number of carbonyl (C=O) groups is 1. The van der Waals surface area contributed by atoms with E-state index < -0.39 is 6.04 Å². The fraction of sp³-hybridized carbons (Fsp3) is 0.417. The van der Waals surface area contributed by atoms with Crippen LogP contribution in [-0.2, 0) is 9.53 Å². The third-order valence-electron chi connectivity index (χ3n) is 2.23. The van der Waals surface area contributed by atoms with Crippen molar-refractivity contribution < 1.29 is 9.53 Å². The summed E-state index contributed by atoms with van der Waals surface area (Å²) in [5.41, 5.74) is 6.55. The molecule has 0 spiro atoms. The third-order valence-corrected chi connectivity index (χ3v) is 3.07. The number of hydrogen-bond acceptors (Lipinski definition) is 3. The van der Waals surface area contributed by atoms with Crippen LogP contribution in [0.25, 0.3) is 0 Å². The molecule has 1 unspecified atom stereocenters. The fourth-order valence-electron chi connectivity index (χ4n) is 1.37. The highest BCUT2D eigenvalue weighted by atomic mass is 35.5. The highest BCUT2D eigenvalue weighted by Crippen LogP contribution is 2.30. The van der Waals surface area contributed by atoms with Gasteiger partial charge >= 0.3 is 5.97 Å². The van der Waals surface area contributed by atoms with Crippen LogP contribution in [0.5, 0.6) is 0 Å². The molecule has 0 bridgehead atoms. The normalized spacial score (nSPS) is 12.2. The van der Waals surface area contributed by atoms with Crippen LogP contribution in [0.15, 0.2) is 18.2 Å². The smallest absolute Gasteiger partial charge is 0.307 e. The molecule has 2 N–H and O–H groups in total. The first-order valence-corrected chi connectivity index (χ1v) is 6.17. The van der Waals surface area contributed by atoms with Crippen molar-refractivity contribution in [2.45, 2.75) is 25.8 Å². The largest absolute Gasteiger partial charge is 0.466 e. The third kappa shape index (κ3) is 4.19. The zero-order valence-electron chi connectivity index (χ0n) is 9.58. The van der Waals surface area contributed by atoms with Gasteiger partial charge in [-0.15, -0.1) is 0 Å². The van der Waals surface area contributed by atoms with Crippen LogP contribution in [0, 0.1) is 0 Å². The maximum absolute atomic E-state index is 11.4. The summed E-state index contributed by atoms with van der Waals surface area (Å²) in [6, 6.07) is 4.69. The molecule has 0 aromatic heterocycles. The van der Waals surface area contributed by atoms with Gasteiger partial charge in [0.25, 0.3) is 0 Å². The van der Waals surface area contributed by atoms with Crippen molar-refractivity contribution in [3.8, 4) is 0 Å². The van der Waals surface area contributed by atoms with Crippen LogP contribution in [0.1, 0.15) is 31.4 Å². The van der Waals surface area contributed by atoms with Crippen LogP contribution >= 0.6 is 23.2 Å². The zero-order valence-corrected chi connectivity index (χ0v) is 11.1. The van der Waals surface area contributed by atoms with Crippen molar-refractivity contribution in [3.63, 3.8) is 0 Å². The van der Waals surface area contributed by atoms with E-state index in [2.05, 4.69) is 0 Å². The molecule has 0 aliphatic heterocycles. The highest BCUT2D eigenvalue weighted by Gasteiger charge is 2.16. The fourth-order valence-corrected chi connectivity index (χ4v) is 1.82. The van der Waals surface area contributed by atoms with E-state index >= 15 is 0 Å². The summed E-state index contributed by atoms with van der Waals surface area (Å²) < 4.78 is 4.96. The van der Waals surface area contributed by atoms with Crippen LogP contribution in [0.2, 0.25) is 10.0 Å². The maximum Gasteiger partial charge on any atom is 0.307 e. The molecule has 0 fully saturated rings. The molecule has 17 heavy (non-hydrogen) atoms. The minimum absolute atomic E-state index is 0.0973. The number of halogens is 2. The predicted octanol–water partition coefficient (Wildman–Crippen LogP) is 3.34. The Morgan fingerprint density at radius 3 is 2.82 bits per heavy atom. The Labute approximate surface area is 111 Å². The van der Waals surface area contributed by atoms with Gasteiger partial charge in [-0.2, -0.15) is 0 Å². The van der Waals surface area contributed by atoms with Crippen LogP contribution in [0.3, 0.4) is 0 Å². The van der Waals surface area contributed by atoms with E-state index in [4.69, 9.17) is 33.7 Å². The lowest BCUT2D eigenvalue weighted by Crippen LogP contribution is -2.18. The number of benzene rings is 1. The van der Waals surface area contributed by atoms with Gasteiger partial charge in [0.15, 0.2) is 0 Å². The van der Waals surface area contributed by atoms with Crippen molar-refractivity contribution in [3.05, 3.63) is 33.8 Å². The van der Waals surface area contributed by atoms with Crippen molar-refractivity contribution in [1.29, 1.82) is 0 Å². The van der Waals surface area contributed by atoms with Crippen LogP contribution in [-0.4, -0.2) is 12.6 Å². The molecule has 5 heteroatoms. The maximum atomic E-state index is 11.4. The Kier molecular flexibility index (Phi) is 5.75. The first-order valence-electron chi connectivity index (χ1n) is 5.41. The standard InChI is InChI=1S/C12H15Cl2NO2/c1-2-6-17-11(16)7-10(15)8-4-3-5-9(13)12(8)14/h3-5,10H,2,6-7,15H2,1H3. The zero-order chi connectivity index (χ0) is 12.8. The molecule has 0 radical (unpaired) electrons. The van der Waals surface area contributed by atoms with Crippen LogP contribution in [0.4, 0.5) is 0 Å². The molecule has 0 heterocycles. The molecule has 0 saturated heterocycles.